The van der Waals surface area contributed by atoms with Crippen LogP contribution < -0.4 is 5.32 Å². The summed E-state index contributed by atoms with van der Waals surface area (Å²) in [6, 6.07) is 0. The van der Waals surface area contributed by atoms with Gasteiger partial charge >= 0.3 is 0 Å². The number of amides is 1. The van der Waals surface area contributed by atoms with Gasteiger partial charge in [0.15, 0.2) is 0 Å². The van der Waals surface area contributed by atoms with E-state index in [0.717, 1.165) is 11.9 Å². The van der Waals surface area contributed by atoms with Crippen molar-refractivity contribution in [3.05, 3.63) is 0 Å². The fourth-order valence-electron chi connectivity index (χ4n) is 2.82. The van der Waals surface area contributed by atoms with Crippen LogP contribution in [0, 0.1) is 11.3 Å². The van der Waals surface area contributed by atoms with Gasteiger partial charge in [0.2, 0.25) is 5.91 Å². The zero-order chi connectivity index (χ0) is 14.3. The van der Waals surface area contributed by atoms with E-state index < -0.39 is 0 Å². The molecule has 1 saturated heterocycles. The molecule has 1 amide bonds. The number of halogens is 1. The molecule has 19 heavy (non-hydrogen) atoms. The largest absolute Gasteiger partial charge is 0.356 e. The summed E-state index contributed by atoms with van der Waals surface area (Å²) in [4.78, 5) is 13.5. The first-order valence-electron chi connectivity index (χ1n) is 7.58. The first-order valence-corrected chi connectivity index (χ1v) is 8.70. The molecule has 1 aliphatic heterocycles. The van der Waals surface area contributed by atoms with Crippen molar-refractivity contribution >= 4 is 21.8 Å². The summed E-state index contributed by atoms with van der Waals surface area (Å²) in [7, 11) is 0. The lowest BCUT2D eigenvalue weighted by atomic mass is 9.83. The van der Waals surface area contributed by atoms with Crippen LogP contribution in [0.15, 0.2) is 0 Å². The van der Waals surface area contributed by atoms with E-state index in [0.29, 0.717) is 11.3 Å². The van der Waals surface area contributed by atoms with Crippen LogP contribution >= 0.6 is 15.9 Å². The quantitative estimate of drug-likeness (QED) is 0.727. The Hall–Kier alpha value is -0.0900. The van der Waals surface area contributed by atoms with E-state index in [1.807, 2.05) is 0 Å². The van der Waals surface area contributed by atoms with Gasteiger partial charge in [-0.3, -0.25) is 4.79 Å². The van der Waals surface area contributed by atoms with Crippen LogP contribution in [0.2, 0.25) is 0 Å². The summed E-state index contributed by atoms with van der Waals surface area (Å²) < 4.78 is 0. The maximum Gasteiger partial charge on any atom is 0.216 e. The van der Waals surface area contributed by atoms with Gasteiger partial charge in [-0.25, -0.2) is 0 Å². The number of hydrogen-bond donors (Lipinski definition) is 1. The molecule has 1 aliphatic rings. The number of nitrogens with zero attached hydrogens (tertiary/aromatic N) is 1. The molecule has 0 aromatic heterocycles. The topological polar surface area (TPSA) is 32.3 Å². The normalized spacial score (nSPS) is 18.5. The van der Waals surface area contributed by atoms with E-state index in [4.69, 9.17) is 0 Å². The van der Waals surface area contributed by atoms with Crippen molar-refractivity contribution < 1.29 is 4.79 Å². The van der Waals surface area contributed by atoms with E-state index in [2.05, 4.69) is 40.0 Å². The number of nitrogens with one attached hydrogen (secondary N) is 1. The molecular weight excluding hydrogens is 304 g/mol. The average Bonchev–Trinajstić information content (AvgIpc) is 2.44. The molecule has 0 bridgehead atoms. The fourth-order valence-corrected chi connectivity index (χ4v) is 3.79. The first-order chi connectivity index (χ1) is 9.05. The van der Waals surface area contributed by atoms with Crippen LogP contribution in [-0.2, 0) is 4.79 Å². The molecule has 1 fully saturated rings. The van der Waals surface area contributed by atoms with Crippen molar-refractivity contribution in [3.63, 3.8) is 0 Å². The highest BCUT2D eigenvalue weighted by Gasteiger charge is 2.29. The maximum atomic E-state index is 10.9. The minimum Gasteiger partial charge on any atom is -0.356 e. The van der Waals surface area contributed by atoms with Gasteiger partial charge in [0.05, 0.1) is 0 Å². The number of piperidine rings is 1. The SMILES string of the molecule is CCC(CC)(CBr)CN1CCC(CNC(C)=O)CC1. The van der Waals surface area contributed by atoms with Crippen molar-refractivity contribution in [2.45, 2.75) is 46.5 Å². The first kappa shape index (κ1) is 17.0. The molecular formula is C15H29BrN2O. The number of hydrogen-bond acceptors (Lipinski definition) is 2. The summed E-state index contributed by atoms with van der Waals surface area (Å²) in [5.41, 5.74) is 0.435. The van der Waals surface area contributed by atoms with Gasteiger partial charge in [0, 0.05) is 25.3 Å². The zero-order valence-electron chi connectivity index (χ0n) is 12.7. The van der Waals surface area contributed by atoms with Gasteiger partial charge < -0.3 is 10.2 Å². The van der Waals surface area contributed by atoms with E-state index in [9.17, 15) is 4.79 Å². The molecule has 0 unspecified atom stereocenters. The Balaban J connectivity index is 2.35. The summed E-state index contributed by atoms with van der Waals surface area (Å²) >= 11 is 3.70. The molecule has 1 rings (SSSR count). The Morgan fingerprint density at radius 3 is 2.32 bits per heavy atom. The van der Waals surface area contributed by atoms with Crippen molar-refractivity contribution in [1.82, 2.24) is 10.2 Å². The van der Waals surface area contributed by atoms with Crippen molar-refractivity contribution in [3.8, 4) is 0 Å². The fraction of sp³-hybridized carbons (Fsp3) is 0.933. The summed E-state index contributed by atoms with van der Waals surface area (Å²) in [6.45, 7) is 10.6. The molecule has 1 N–H and O–H groups in total. The van der Waals surface area contributed by atoms with Crippen LogP contribution in [-0.4, -0.2) is 42.3 Å². The molecule has 0 spiro atoms. The molecule has 0 saturated carbocycles. The molecule has 0 atom stereocenters. The molecule has 3 nitrogen and oxygen atoms in total. The second kappa shape index (κ2) is 8.25. The Morgan fingerprint density at radius 2 is 1.89 bits per heavy atom. The summed E-state index contributed by atoms with van der Waals surface area (Å²) in [5.74, 6) is 0.763. The third kappa shape index (κ3) is 5.42. The summed E-state index contributed by atoms with van der Waals surface area (Å²) in [6.07, 6.45) is 4.90. The highest BCUT2D eigenvalue weighted by Crippen LogP contribution is 2.31. The number of rotatable bonds is 7. The third-order valence-corrected chi connectivity index (χ3v) is 5.88. The Labute approximate surface area is 126 Å². The molecule has 0 aromatic rings. The summed E-state index contributed by atoms with van der Waals surface area (Å²) in [5, 5.41) is 4.04. The van der Waals surface area contributed by atoms with E-state index in [-0.39, 0.29) is 5.91 Å². The predicted octanol–water partition coefficient (Wildman–Crippen LogP) is 3.04. The Kier molecular flexibility index (Phi) is 7.37. The van der Waals surface area contributed by atoms with Crippen molar-refractivity contribution in [2.24, 2.45) is 11.3 Å². The lowest BCUT2D eigenvalue weighted by Gasteiger charge is -2.39. The molecule has 0 aromatic carbocycles. The van der Waals surface area contributed by atoms with Crippen LogP contribution in [0.25, 0.3) is 0 Å². The van der Waals surface area contributed by atoms with Gasteiger partial charge in [-0.15, -0.1) is 0 Å². The Bertz CT molecular complexity index is 263. The average molecular weight is 333 g/mol. The molecule has 4 heteroatoms. The van der Waals surface area contributed by atoms with Gasteiger partial charge in [-0.05, 0) is 50.1 Å². The van der Waals surface area contributed by atoms with Gasteiger partial charge in [0.1, 0.15) is 0 Å². The van der Waals surface area contributed by atoms with E-state index in [1.54, 1.807) is 6.92 Å². The number of likely N-dealkylation sites (tertiary alicyclic amines) is 1. The predicted molar refractivity (Wildman–Crippen MR) is 84.7 cm³/mol. The van der Waals surface area contributed by atoms with Gasteiger partial charge in [-0.2, -0.15) is 0 Å². The molecule has 0 radical (unpaired) electrons. The second-order valence-corrected chi connectivity index (χ2v) is 6.56. The minimum absolute atomic E-state index is 0.0951. The van der Waals surface area contributed by atoms with Crippen molar-refractivity contribution in [2.75, 3.05) is 31.5 Å². The van der Waals surface area contributed by atoms with Crippen LogP contribution in [0.4, 0.5) is 0 Å². The maximum absolute atomic E-state index is 10.9. The lowest BCUT2D eigenvalue weighted by Crippen LogP contribution is -2.44. The second-order valence-electron chi connectivity index (χ2n) is 6.00. The number of carbonyl (C=O) groups is 1. The number of carbonyl (C=O) groups excluding carboxylic acids is 1. The zero-order valence-corrected chi connectivity index (χ0v) is 14.3. The standard InChI is InChI=1S/C15H29BrN2O/c1-4-15(5-2,11-16)12-18-8-6-14(7-9-18)10-17-13(3)19/h14H,4-12H2,1-3H3,(H,17,19). The van der Waals surface area contributed by atoms with Crippen LogP contribution in [0.3, 0.4) is 0 Å². The number of alkyl halides is 1. The third-order valence-electron chi connectivity index (χ3n) is 4.69. The smallest absolute Gasteiger partial charge is 0.216 e. The Morgan fingerprint density at radius 1 is 1.32 bits per heavy atom. The molecule has 1 heterocycles. The lowest BCUT2D eigenvalue weighted by molar-refractivity contribution is -0.119. The van der Waals surface area contributed by atoms with E-state index in [1.165, 1.54) is 45.3 Å². The highest BCUT2D eigenvalue weighted by atomic mass is 79.9. The van der Waals surface area contributed by atoms with Gasteiger partial charge in [0.25, 0.3) is 0 Å². The van der Waals surface area contributed by atoms with E-state index >= 15 is 0 Å². The minimum atomic E-state index is 0.0951. The van der Waals surface area contributed by atoms with Gasteiger partial charge in [-0.1, -0.05) is 29.8 Å². The van der Waals surface area contributed by atoms with Crippen molar-refractivity contribution in [1.29, 1.82) is 0 Å². The highest BCUT2D eigenvalue weighted by molar-refractivity contribution is 9.09. The van der Waals surface area contributed by atoms with Crippen LogP contribution in [0.1, 0.15) is 46.5 Å². The molecule has 112 valence electrons. The monoisotopic (exact) mass is 332 g/mol. The van der Waals surface area contributed by atoms with Crippen LogP contribution in [0.5, 0.6) is 0 Å². The molecule has 0 aliphatic carbocycles.